The normalized spacial score (nSPS) is 10.5. The van der Waals surface area contributed by atoms with Crippen LogP contribution in [0.25, 0.3) is 0 Å². The number of rotatable bonds is 4. The third-order valence-corrected chi connectivity index (χ3v) is 6.05. The van der Waals surface area contributed by atoms with Crippen molar-refractivity contribution < 1.29 is 9.53 Å². The Bertz CT molecular complexity index is 606. The molecule has 0 aliphatic rings. The van der Waals surface area contributed by atoms with E-state index in [1.807, 2.05) is 6.07 Å². The van der Waals surface area contributed by atoms with Crippen LogP contribution in [0.1, 0.15) is 15.2 Å². The summed E-state index contributed by atoms with van der Waals surface area (Å²) in [5.41, 5.74) is 0.792. The highest BCUT2D eigenvalue weighted by Crippen LogP contribution is 2.33. The summed E-state index contributed by atoms with van der Waals surface area (Å²) in [5.74, 6) is 0.712. The van der Waals surface area contributed by atoms with Crippen LogP contribution in [0.3, 0.4) is 0 Å². The van der Waals surface area contributed by atoms with Crippen molar-refractivity contribution in [3.05, 3.63) is 48.0 Å². The molecule has 0 atom stereocenters. The topological polar surface area (TPSA) is 26.3 Å². The molecule has 2 rings (SSSR count). The van der Waals surface area contributed by atoms with E-state index < -0.39 is 0 Å². The van der Waals surface area contributed by atoms with Crippen LogP contribution in [0.2, 0.25) is 5.02 Å². The second-order valence-electron chi connectivity index (χ2n) is 3.79. The van der Waals surface area contributed by atoms with Crippen molar-refractivity contribution >= 4 is 60.6 Å². The Morgan fingerprint density at radius 3 is 2.68 bits per heavy atom. The summed E-state index contributed by atoms with van der Waals surface area (Å²) in [4.78, 5) is 12.9. The first-order valence-electron chi connectivity index (χ1n) is 5.31. The van der Waals surface area contributed by atoms with Crippen LogP contribution < -0.4 is 4.74 Å². The molecule has 0 aliphatic heterocycles. The monoisotopic (exact) mass is 422 g/mol. The van der Waals surface area contributed by atoms with Gasteiger partial charge in [-0.2, -0.15) is 0 Å². The predicted octanol–water partition coefficient (Wildman–Crippen LogP) is 5.36. The number of benzene rings is 1. The van der Waals surface area contributed by atoms with Crippen molar-refractivity contribution in [1.29, 1.82) is 0 Å². The molecule has 2 nitrogen and oxygen atoms in total. The first-order chi connectivity index (χ1) is 9.01. The van der Waals surface area contributed by atoms with E-state index in [0.717, 1.165) is 13.8 Å². The second-order valence-corrected chi connectivity index (χ2v) is 7.45. The van der Waals surface area contributed by atoms with Crippen LogP contribution in [0.4, 0.5) is 0 Å². The fourth-order valence-electron chi connectivity index (χ4n) is 1.63. The van der Waals surface area contributed by atoms with E-state index in [9.17, 15) is 4.79 Å². The fraction of sp³-hybridized carbons (Fsp3) is 0.154. The lowest BCUT2D eigenvalue weighted by atomic mass is 10.1. The molecule has 0 fully saturated rings. The van der Waals surface area contributed by atoms with Gasteiger partial charge in [0.25, 0.3) is 0 Å². The largest absolute Gasteiger partial charge is 0.496 e. The SMILES string of the molecule is COc1ccc(Cl)cc1CC(=O)c1cc(Br)c(Br)s1. The second kappa shape index (κ2) is 6.39. The molecule has 0 radical (unpaired) electrons. The molecule has 1 heterocycles. The summed E-state index contributed by atoms with van der Waals surface area (Å²) in [7, 11) is 1.58. The number of carbonyl (C=O) groups is 1. The van der Waals surface area contributed by atoms with Gasteiger partial charge in [-0.25, -0.2) is 0 Å². The van der Waals surface area contributed by atoms with E-state index in [1.165, 1.54) is 11.3 Å². The highest BCUT2D eigenvalue weighted by molar-refractivity contribution is 9.13. The van der Waals surface area contributed by atoms with Gasteiger partial charge in [0.15, 0.2) is 5.78 Å². The average Bonchev–Trinajstić information content (AvgIpc) is 2.70. The minimum atomic E-state index is 0.0389. The van der Waals surface area contributed by atoms with Gasteiger partial charge in [-0.3, -0.25) is 4.79 Å². The quantitative estimate of drug-likeness (QED) is 0.618. The van der Waals surface area contributed by atoms with Crippen molar-refractivity contribution in [2.45, 2.75) is 6.42 Å². The van der Waals surface area contributed by atoms with Gasteiger partial charge in [0.2, 0.25) is 0 Å². The van der Waals surface area contributed by atoms with E-state index in [0.29, 0.717) is 15.6 Å². The number of ketones is 1. The number of hydrogen-bond donors (Lipinski definition) is 0. The Morgan fingerprint density at radius 1 is 1.37 bits per heavy atom. The smallest absolute Gasteiger partial charge is 0.177 e. The summed E-state index contributed by atoms with van der Waals surface area (Å²) < 4.78 is 7.04. The van der Waals surface area contributed by atoms with Crippen LogP contribution in [0.5, 0.6) is 5.75 Å². The van der Waals surface area contributed by atoms with Gasteiger partial charge in [0.1, 0.15) is 5.75 Å². The summed E-state index contributed by atoms with van der Waals surface area (Å²) in [6, 6.07) is 7.09. The van der Waals surface area contributed by atoms with E-state index in [-0.39, 0.29) is 12.2 Å². The average molecular weight is 425 g/mol. The molecule has 0 unspecified atom stereocenters. The maximum atomic E-state index is 12.2. The van der Waals surface area contributed by atoms with Crippen LogP contribution in [-0.2, 0) is 6.42 Å². The van der Waals surface area contributed by atoms with Crippen LogP contribution >= 0.6 is 54.8 Å². The van der Waals surface area contributed by atoms with Gasteiger partial charge < -0.3 is 4.74 Å². The number of thiophene rings is 1. The zero-order chi connectivity index (χ0) is 14.0. The van der Waals surface area contributed by atoms with E-state index in [1.54, 1.807) is 25.3 Å². The third-order valence-electron chi connectivity index (χ3n) is 2.51. The van der Waals surface area contributed by atoms with Crippen LogP contribution in [0.15, 0.2) is 32.5 Å². The highest BCUT2D eigenvalue weighted by Gasteiger charge is 2.15. The maximum Gasteiger partial charge on any atom is 0.177 e. The number of halogens is 3. The van der Waals surface area contributed by atoms with Gasteiger partial charge in [-0.05, 0) is 56.1 Å². The van der Waals surface area contributed by atoms with E-state index in [2.05, 4.69) is 31.9 Å². The van der Waals surface area contributed by atoms with Crippen molar-refractivity contribution in [3.8, 4) is 5.75 Å². The highest BCUT2D eigenvalue weighted by atomic mass is 79.9. The van der Waals surface area contributed by atoms with Crippen LogP contribution in [0, 0.1) is 0 Å². The summed E-state index contributed by atoms with van der Waals surface area (Å²) in [6.07, 6.45) is 0.267. The Labute approximate surface area is 137 Å². The Kier molecular flexibility index (Phi) is 5.06. The standard InChI is InChI=1S/C13H9Br2ClO2S/c1-18-11-3-2-8(16)4-7(11)5-10(17)12-6-9(14)13(15)19-12/h2-4,6H,5H2,1H3. The maximum absolute atomic E-state index is 12.2. The molecule has 0 bridgehead atoms. The zero-order valence-electron chi connectivity index (χ0n) is 9.88. The predicted molar refractivity (Wildman–Crippen MR) is 85.8 cm³/mol. The molecule has 1 aromatic heterocycles. The van der Waals surface area contributed by atoms with Crippen molar-refractivity contribution in [3.63, 3.8) is 0 Å². The summed E-state index contributed by atoms with van der Waals surface area (Å²) >= 11 is 14.1. The van der Waals surface area contributed by atoms with E-state index in [4.69, 9.17) is 16.3 Å². The third kappa shape index (κ3) is 3.60. The van der Waals surface area contributed by atoms with Gasteiger partial charge >= 0.3 is 0 Å². The number of methoxy groups -OCH3 is 1. The molecular formula is C13H9Br2ClO2S. The van der Waals surface area contributed by atoms with Crippen molar-refractivity contribution in [2.75, 3.05) is 7.11 Å². The molecule has 0 N–H and O–H groups in total. The minimum absolute atomic E-state index is 0.0389. The first kappa shape index (κ1) is 15.0. The van der Waals surface area contributed by atoms with Gasteiger partial charge in [-0.1, -0.05) is 11.6 Å². The zero-order valence-corrected chi connectivity index (χ0v) is 14.6. The Hall–Kier alpha value is -0.360. The Balaban J connectivity index is 2.25. The molecular weight excluding hydrogens is 415 g/mol. The molecule has 6 heteroatoms. The van der Waals surface area contributed by atoms with Gasteiger partial charge in [0, 0.05) is 21.5 Å². The lowest BCUT2D eigenvalue weighted by Gasteiger charge is -2.07. The fourth-order valence-corrected chi connectivity index (χ4v) is 3.80. The molecule has 0 aliphatic carbocycles. The van der Waals surface area contributed by atoms with Gasteiger partial charge in [-0.15, -0.1) is 11.3 Å². The number of carbonyl (C=O) groups excluding carboxylic acids is 1. The lowest BCUT2D eigenvalue weighted by Crippen LogP contribution is -2.03. The first-order valence-corrected chi connectivity index (χ1v) is 8.09. The van der Waals surface area contributed by atoms with Crippen molar-refractivity contribution in [1.82, 2.24) is 0 Å². The molecule has 0 amide bonds. The molecule has 0 saturated carbocycles. The van der Waals surface area contributed by atoms with Gasteiger partial charge in [0.05, 0.1) is 15.8 Å². The number of ether oxygens (including phenoxy) is 1. The molecule has 2 aromatic rings. The molecule has 19 heavy (non-hydrogen) atoms. The summed E-state index contributed by atoms with van der Waals surface area (Å²) in [6.45, 7) is 0. The summed E-state index contributed by atoms with van der Waals surface area (Å²) in [5, 5.41) is 0.595. The molecule has 0 spiro atoms. The molecule has 0 saturated heterocycles. The molecule has 1 aromatic carbocycles. The number of Topliss-reactive ketones (excluding diaryl/α,β-unsaturated/α-hetero) is 1. The Morgan fingerprint density at radius 2 is 2.11 bits per heavy atom. The van der Waals surface area contributed by atoms with Crippen LogP contribution in [-0.4, -0.2) is 12.9 Å². The molecule has 100 valence electrons. The minimum Gasteiger partial charge on any atom is -0.496 e. The number of hydrogen-bond acceptors (Lipinski definition) is 3. The lowest BCUT2D eigenvalue weighted by molar-refractivity contribution is 0.0996. The van der Waals surface area contributed by atoms with Crippen molar-refractivity contribution in [2.24, 2.45) is 0 Å². The van der Waals surface area contributed by atoms with E-state index >= 15 is 0 Å².